The van der Waals surface area contributed by atoms with Crippen LogP contribution in [0.5, 0.6) is 0 Å². The van der Waals surface area contributed by atoms with Gasteiger partial charge >= 0.3 is 5.97 Å². The van der Waals surface area contributed by atoms with Crippen molar-refractivity contribution in [2.75, 3.05) is 20.2 Å². The monoisotopic (exact) mass is 240 g/mol. The number of rotatable bonds is 5. The first-order valence-corrected chi connectivity index (χ1v) is 6.68. The van der Waals surface area contributed by atoms with E-state index in [9.17, 15) is 4.79 Å². The van der Waals surface area contributed by atoms with Crippen LogP contribution in [0.25, 0.3) is 0 Å². The number of carbonyl (C=O) groups is 1. The highest BCUT2D eigenvalue weighted by molar-refractivity contribution is 5.76. The molecule has 4 nitrogen and oxygen atoms in total. The molecule has 0 aromatic heterocycles. The van der Waals surface area contributed by atoms with Gasteiger partial charge in [0, 0.05) is 25.2 Å². The lowest BCUT2D eigenvalue weighted by Gasteiger charge is -2.26. The molecule has 0 bridgehead atoms. The van der Waals surface area contributed by atoms with Crippen molar-refractivity contribution in [2.24, 2.45) is 5.92 Å². The zero-order valence-corrected chi connectivity index (χ0v) is 11.1. The third-order valence-corrected chi connectivity index (χ3v) is 3.83. The molecule has 0 radical (unpaired) electrons. The minimum atomic E-state index is -0.153. The summed E-state index contributed by atoms with van der Waals surface area (Å²) >= 11 is 0. The summed E-state index contributed by atoms with van der Waals surface area (Å²) in [5, 5.41) is 3.39. The molecule has 0 amide bonds. The van der Waals surface area contributed by atoms with Crippen molar-refractivity contribution in [3.8, 4) is 0 Å². The summed E-state index contributed by atoms with van der Waals surface area (Å²) in [4.78, 5) is 14.1. The maximum Gasteiger partial charge on any atom is 0.324 e. The molecule has 3 atom stereocenters. The van der Waals surface area contributed by atoms with Crippen molar-refractivity contribution in [3.63, 3.8) is 0 Å². The van der Waals surface area contributed by atoms with Crippen molar-refractivity contribution >= 4 is 5.97 Å². The zero-order chi connectivity index (χ0) is 12.4. The lowest BCUT2D eigenvalue weighted by molar-refractivity contribution is -0.143. The Morgan fingerprint density at radius 2 is 2.18 bits per heavy atom. The third kappa shape index (κ3) is 3.42. The van der Waals surface area contributed by atoms with Gasteiger partial charge in [-0.3, -0.25) is 9.69 Å². The molecule has 1 saturated carbocycles. The highest BCUT2D eigenvalue weighted by Gasteiger charge is 2.34. The smallest absolute Gasteiger partial charge is 0.324 e. The molecule has 2 rings (SSSR count). The van der Waals surface area contributed by atoms with Crippen LogP contribution in [0, 0.1) is 5.92 Å². The van der Waals surface area contributed by atoms with Crippen LogP contribution in [-0.4, -0.2) is 49.2 Å². The Bertz CT molecular complexity index is 279. The summed E-state index contributed by atoms with van der Waals surface area (Å²) in [5.41, 5.74) is 0. The van der Waals surface area contributed by atoms with E-state index in [4.69, 9.17) is 4.74 Å². The molecule has 0 spiro atoms. The molecule has 3 unspecified atom stereocenters. The first-order valence-electron chi connectivity index (χ1n) is 6.68. The fourth-order valence-corrected chi connectivity index (χ4v) is 2.75. The molecule has 4 heteroatoms. The van der Waals surface area contributed by atoms with Gasteiger partial charge in [0.25, 0.3) is 0 Å². The van der Waals surface area contributed by atoms with Crippen LogP contribution in [0.15, 0.2) is 0 Å². The van der Waals surface area contributed by atoms with E-state index in [1.807, 2.05) is 0 Å². The van der Waals surface area contributed by atoms with Crippen LogP contribution in [0.2, 0.25) is 0 Å². The van der Waals surface area contributed by atoms with E-state index in [1.54, 1.807) is 0 Å². The normalized spacial score (nSPS) is 31.5. The number of methoxy groups -OCH3 is 1. The predicted octanol–water partition coefficient (Wildman–Crippen LogP) is 1.01. The maximum atomic E-state index is 11.7. The highest BCUT2D eigenvalue weighted by atomic mass is 16.5. The molecule has 1 aliphatic heterocycles. The fourth-order valence-electron chi connectivity index (χ4n) is 2.75. The van der Waals surface area contributed by atoms with Gasteiger partial charge in [-0.2, -0.15) is 0 Å². The van der Waals surface area contributed by atoms with Gasteiger partial charge in [-0.05, 0) is 32.1 Å². The predicted molar refractivity (Wildman–Crippen MR) is 66.8 cm³/mol. The molecular formula is C13H24N2O2. The molecular weight excluding hydrogens is 216 g/mol. The molecule has 0 aromatic carbocycles. The number of hydrogen-bond donors (Lipinski definition) is 1. The number of ether oxygens (including phenoxy) is 1. The van der Waals surface area contributed by atoms with E-state index >= 15 is 0 Å². The molecule has 2 aliphatic rings. The van der Waals surface area contributed by atoms with E-state index in [-0.39, 0.29) is 12.0 Å². The Balaban J connectivity index is 1.89. The lowest BCUT2D eigenvalue weighted by atomic mass is 10.1. The van der Waals surface area contributed by atoms with Crippen molar-refractivity contribution in [2.45, 2.75) is 51.2 Å². The number of esters is 1. The number of nitrogens with zero attached hydrogens (tertiary/aromatic N) is 1. The highest BCUT2D eigenvalue weighted by Crippen LogP contribution is 2.24. The maximum absolute atomic E-state index is 11.7. The van der Waals surface area contributed by atoms with Crippen LogP contribution in [0.3, 0.4) is 0 Å². The van der Waals surface area contributed by atoms with Gasteiger partial charge in [0.1, 0.15) is 6.04 Å². The minimum Gasteiger partial charge on any atom is -0.468 e. The van der Waals surface area contributed by atoms with Gasteiger partial charge in [0.15, 0.2) is 0 Å². The Labute approximate surface area is 104 Å². The summed E-state index contributed by atoms with van der Waals surface area (Å²) in [6.07, 6.45) is 3.62. The van der Waals surface area contributed by atoms with E-state index in [2.05, 4.69) is 24.1 Å². The fraction of sp³-hybridized carbons (Fsp3) is 0.923. The van der Waals surface area contributed by atoms with Crippen molar-refractivity contribution in [3.05, 3.63) is 0 Å². The minimum absolute atomic E-state index is 0.122. The van der Waals surface area contributed by atoms with Crippen LogP contribution >= 0.6 is 0 Å². The Morgan fingerprint density at radius 1 is 1.47 bits per heavy atom. The molecule has 1 heterocycles. The van der Waals surface area contributed by atoms with Gasteiger partial charge in [-0.15, -0.1) is 0 Å². The van der Waals surface area contributed by atoms with Crippen molar-refractivity contribution < 1.29 is 9.53 Å². The van der Waals surface area contributed by atoms with Gasteiger partial charge in [-0.1, -0.05) is 6.92 Å². The summed E-state index contributed by atoms with van der Waals surface area (Å²) in [5.74, 6) is 0.618. The Kier molecular flexibility index (Phi) is 4.05. The van der Waals surface area contributed by atoms with E-state index < -0.39 is 0 Å². The SMILES string of the molecule is COC(=O)C(CN1CC(C)CC1C)NC1CC1. The third-order valence-electron chi connectivity index (χ3n) is 3.83. The van der Waals surface area contributed by atoms with Gasteiger partial charge < -0.3 is 10.1 Å². The molecule has 1 aliphatic carbocycles. The van der Waals surface area contributed by atoms with E-state index in [1.165, 1.54) is 26.4 Å². The zero-order valence-electron chi connectivity index (χ0n) is 11.1. The molecule has 0 aromatic rings. The largest absolute Gasteiger partial charge is 0.468 e. The summed E-state index contributed by atoms with van der Waals surface area (Å²) < 4.78 is 4.89. The molecule has 1 N–H and O–H groups in total. The number of nitrogens with one attached hydrogen (secondary N) is 1. The second-order valence-electron chi connectivity index (χ2n) is 5.66. The topological polar surface area (TPSA) is 41.6 Å². The average molecular weight is 240 g/mol. The summed E-state index contributed by atoms with van der Waals surface area (Å²) in [7, 11) is 1.47. The standard InChI is InChI=1S/C13H24N2O2/c1-9-6-10(2)15(7-9)8-12(13(16)17-3)14-11-4-5-11/h9-12,14H,4-8H2,1-3H3. The van der Waals surface area contributed by atoms with Gasteiger partial charge in [0.05, 0.1) is 7.11 Å². The Hall–Kier alpha value is -0.610. The quantitative estimate of drug-likeness (QED) is 0.728. The first-order chi connectivity index (χ1) is 8.10. The van der Waals surface area contributed by atoms with Crippen LogP contribution < -0.4 is 5.32 Å². The van der Waals surface area contributed by atoms with Crippen molar-refractivity contribution in [1.82, 2.24) is 10.2 Å². The molecule has 1 saturated heterocycles. The summed E-state index contributed by atoms with van der Waals surface area (Å²) in [6, 6.07) is 0.966. The average Bonchev–Trinajstić information content (AvgIpc) is 3.04. The van der Waals surface area contributed by atoms with E-state index in [0.29, 0.717) is 12.1 Å². The lowest BCUT2D eigenvalue weighted by Crippen LogP contribution is -2.48. The summed E-state index contributed by atoms with van der Waals surface area (Å²) in [6.45, 7) is 6.41. The second-order valence-corrected chi connectivity index (χ2v) is 5.66. The van der Waals surface area contributed by atoms with E-state index in [0.717, 1.165) is 19.0 Å². The van der Waals surface area contributed by atoms with Crippen LogP contribution in [-0.2, 0) is 9.53 Å². The number of carbonyl (C=O) groups excluding carboxylic acids is 1. The molecule has 98 valence electrons. The first kappa shape index (κ1) is 12.8. The van der Waals surface area contributed by atoms with Crippen LogP contribution in [0.1, 0.15) is 33.1 Å². The Morgan fingerprint density at radius 3 is 2.65 bits per heavy atom. The van der Waals surface area contributed by atoms with Crippen LogP contribution in [0.4, 0.5) is 0 Å². The second kappa shape index (κ2) is 5.36. The van der Waals surface area contributed by atoms with Gasteiger partial charge in [0.2, 0.25) is 0 Å². The van der Waals surface area contributed by atoms with Gasteiger partial charge in [-0.25, -0.2) is 0 Å². The number of likely N-dealkylation sites (tertiary alicyclic amines) is 1. The van der Waals surface area contributed by atoms with Crippen molar-refractivity contribution in [1.29, 1.82) is 0 Å². The number of hydrogen-bond acceptors (Lipinski definition) is 4. The molecule has 17 heavy (non-hydrogen) atoms. The molecule has 2 fully saturated rings.